The fraction of sp³-hybridized carbons (Fsp3) is 0.457. The van der Waals surface area contributed by atoms with Crippen molar-refractivity contribution in [3.05, 3.63) is 76.3 Å². The average molecular weight is 791 g/mol. The predicted molar refractivity (Wildman–Crippen MR) is 209 cm³/mol. The molecule has 5 nitrogen and oxygen atoms in total. The lowest BCUT2D eigenvalue weighted by molar-refractivity contribution is 0.165. The monoisotopic (exact) mass is 790 g/mol. The standard InChI is InChI=1S/C35H43IN4OS4/c1-6-9-10-13-24(8-3)22-41-26(18-19-36)14-11-15-27-16-17-28(43-27)30-31(39-5)32(40-42)29(23(4)12-7-2)33-34(30)45-35(44-33)25(20-37)21-38/h11-12,14-19,24,29,31,33,39,42H,6-10,13,22H2,1-5H3/b15-11+,19-18-,23-12+,26-14+,40-32-. The number of thiophene rings is 1. The lowest BCUT2D eigenvalue weighted by atomic mass is 9.78. The van der Waals surface area contributed by atoms with Crippen molar-refractivity contribution in [2.45, 2.75) is 77.5 Å². The Morgan fingerprint density at radius 1 is 1.22 bits per heavy atom. The largest absolute Gasteiger partial charge is 0.493 e. The first kappa shape index (κ1) is 37.8. The number of hydrogen-bond donors (Lipinski definition) is 2. The molecule has 1 aromatic rings. The number of nitriles is 2. The Morgan fingerprint density at radius 3 is 2.62 bits per heavy atom. The summed E-state index contributed by atoms with van der Waals surface area (Å²) in [5.74, 6) is 1.45. The zero-order valence-electron chi connectivity index (χ0n) is 26.7. The first-order valence-corrected chi connectivity index (χ1v) is 19.6. The maximum Gasteiger partial charge on any atom is 0.149 e. The minimum Gasteiger partial charge on any atom is -0.493 e. The van der Waals surface area contributed by atoms with Crippen molar-refractivity contribution in [2.24, 2.45) is 16.2 Å². The summed E-state index contributed by atoms with van der Waals surface area (Å²) >= 11 is 11.6. The third-order valence-corrected chi connectivity index (χ3v) is 12.6. The molecule has 2 heterocycles. The summed E-state index contributed by atoms with van der Waals surface area (Å²) in [4.78, 5) is 3.44. The quantitative estimate of drug-likeness (QED) is 0.0350. The molecular weight excluding hydrogens is 748 g/mol. The Morgan fingerprint density at radius 2 is 2.00 bits per heavy atom. The molecule has 0 radical (unpaired) electrons. The van der Waals surface area contributed by atoms with E-state index in [1.54, 1.807) is 34.9 Å². The minimum absolute atomic E-state index is 0.0140. The van der Waals surface area contributed by atoms with E-state index in [4.69, 9.17) is 4.74 Å². The fourth-order valence-corrected chi connectivity index (χ4v) is 10.4. The minimum atomic E-state index is -0.146. The number of thioether (sulfide) groups is 2. The van der Waals surface area contributed by atoms with Gasteiger partial charge in [-0.1, -0.05) is 98.5 Å². The number of halogens is 1. The van der Waals surface area contributed by atoms with Gasteiger partial charge in [-0.15, -0.1) is 23.1 Å². The summed E-state index contributed by atoms with van der Waals surface area (Å²) in [7, 11) is 1.95. The second kappa shape index (κ2) is 19.9. The molecule has 3 rings (SSSR count). The molecule has 1 fully saturated rings. The lowest BCUT2D eigenvalue weighted by Crippen LogP contribution is -2.46. The fourth-order valence-electron chi connectivity index (χ4n) is 5.57. The van der Waals surface area contributed by atoms with Gasteiger partial charge in [0.05, 0.1) is 27.8 Å². The van der Waals surface area contributed by atoms with E-state index in [-0.39, 0.29) is 22.8 Å². The number of fused-ring (bicyclic) bond motifs is 1. The van der Waals surface area contributed by atoms with Crippen LogP contribution < -0.4 is 5.32 Å². The SMILES string of the molecule is CC/C=C(\C)C1/C(=N/S)C(NC)C(c2ccc(/C=C/C=C(\C=C/I)OCC(CC)CCCCC)s2)=C2SC(=C(C#N)C#N)SC21. The highest BCUT2D eigenvalue weighted by molar-refractivity contribution is 14.1. The van der Waals surface area contributed by atoms with Crippen molar-refractivity contribution in [3.8, 4) is 12.1 Å². The van der Waals surface area contributed by atoms with Gasteiger partial charge in [-0.3, -0.25) is 0 Å². The third kappa shape index (κ3) is 9.92. The molecule has 0 saturated carbocycles. The highest BCUT2D eigenvalue weighted by Crippen LogP contribution is 2.60. The number of likely N-dealkylation sites (N-methyl/N-ethyl adjacent to an activating group) is 1. The van der Waals surface area contributed by atoms with Crippen molar-refractivity contribution in [2.75, 3.05) is 13.7 Å². The van der Waals surface area contributed by atoms with Gasteiger partial charge < -0.3 is 10.1 Å². The van der Waals surface area contributed by atoms with Gasteiger partial charge in [-0.25, -0.2) is 4.40 Å². The molecule has 10 heteroatoms. The van der Waals surface area contributed by atoms with Crippen LogP contribution in [0.1, 0.15) is 76.0 Å². The second-order valence-electron chi connectivity index (χ2n) is 10.9. The van der Waals surface area contributed by atoms with E-state index in [2.05, 4.69) is 115 Å². The molecule has 0 aromatic carbocycles. The maximum atomic E-state index is 9.68. The predicted octanol–water partition coefficient (Wildman–Crippen LogP) is 10.9. The van der Waals surface area contributed by atoms with Gasteiger partial charge >= 0.3 is 0 Å². The first-order chi connectivity index (χ1) is 21.9. The van der Waals surface area contributed by atoms with E-state index in [1.165, 1.54) is 36.2 Å². The Kier molecular flexibility index (Phi) is 16.7. The van der Waals surface area contributed by atoms with Crippen molar-refractivity contribution in [1.82, 2.24) is 5.32 Å². The van der Waals surface area contributed by atoms with Crippen LogP contribution in [0.2, 0.25) is 0 Å². The Hall–Kier alpha value is -1.67. The Labute approximate surface area is 301 Å². The van der Waals surface area contributed by atoms with E-state index >= 15 is 0 Å². The highest BCUT2D eigenvalue weighted by Gasteiger charge is 2.47. The van der Waals surface area contributed by atoms with Crippen LogP contribution in [0.5, 0.6) is 0 Å². The molecule has 1 aromatic heterocycles. The van der Waals surface area contributed by atoms with Gasteiger partial charge in [0, 0.05) is 26.2 Å². The van der Waals surface area contributed by atoms with Gasteiger partial charge in [0.1, 0.15) is 23.5 Å². The smallest absolute Gasteiger partial charge is 0.149 e. The van der Waals surface area contributed by atoms with E-state index in [1.807, 2.05) is 23.3 Å². The molecule has 0 bridgehead atoms. The zero-order chi connectivity index (χ0) is 32.8. The number of thiol groups is 1. The topological polar surface area (TPSA) is 81.2 Å². The van der Waals surface area contributed by atoms with Crippen LogP contribution >= 0.6 is 70.3 Å². The van der Waals surface area contributed by atoms with E-state index in [0.29, 0.717) is 5.92 Å². The molecule has 4 unspecified atom stereocenters. The van der Waals surface area contributed by atoms with Crippen LogP contribution in [-0.2, 0) is 4.74 Å². The summed E-state index contributed by atoms with van der Waals surface area (Å²) in [5, 5.41) is 22.9. The number of nitrogens with one attached hydrogen (secondary N) is 1. The van der Waals surface area contributed by atoms with Crippen LogP contribution in [0.4, 0.5) is 0 Å². The summed E-state index contributed by atoms with van der Waals surface area (Å²) in [6, 6.07) is 8.36. The molecule has 1 aliphatic carbocycles. The number of allylic oxidation sites excluding steroid dienone is 6. The van der Waals surface area contributed by atoms with Crippen LogP contribution in [0, 0.1) is 34.5 Å². The number of hydrogen-bond acceptors (Lipinski definition) is 9. The van der Waals surface area contributed by atoms with E-state index in [9.17, 15) is 10.5 Å². The molecule has 4 atom stereocenters. The highest BCUT2D eigenvalue weighted by atomic mass is 127. The van der Waals surface area contributed by atoms with Crippen molar-refractivity contribution < 1.29 is 4.74 Å². The third-order valence-electron chi connectivity index (χ3n) is 7.93. The maximum absolute atomic E-state index is 9.68. The second-order valence-corrected chi connectivity index (χ2v) is 15.4. The molecule has 0 amide bonds. The number of nitrogens with zero attached hydrogens (tertiary/aromatic N) is 3. The molecule has 2 aliphatic rings. The van der Waals surface area contributed by atoms with Gasteiger partial charge in [0.25, 0.3) is 0 Å². The van der Waals surface area contributed by atoms with Crippen molar-refractivity contribution in [3.63, 3.8) is 0 Å². The number of unbranched alkanes of at least 4 members (excludes halogenated alkanes) is 2. The van der Waals surface area contributed by atoms with Gasteiger partial charge in [0.15, 0.2) is 0 Å². The molecule has 45 heavy (non-hydrogen) atoms. The zero-order valence-corrected chi connectivity index (χ0v) is 32.2. The first-order valence-electron chi connectivity index (χ1n) is 15.5. The van der Waals surface area contributed by atoms with Crippen LogP contribution in [-0.4, -0.2) is 30.7 Å². The summed E-state index contributed by atoms with van der Waals surface area (Å²) in [6.07, 6.45) is 17.5. The number of ether oxygens (including phenoxy) is 1. The molecular formula is C35H43IN4OS4. The van der Waals surface area contributed by atoms with E-state index < -0.39 is 0 Å². The summed E-state index contributed by atoms with van der Waals surface area (Å²) in [5.41, 5.74) is 3.49. The molecule has 0 spiro atoms. The van der Waals surface area contributed by atoms with Crippen LogP contribution in [0.25, 0.3) is 11.6 Å². The van der Waals surface area contributed by atoms with Gasteiger partial charge in [-0.2, -0.15) is 10.5 Å². The normalized spacial score (nSPS) is 22.3. The van der Waals surface area contributed by atoms with Crippen LogP contribution in [0.3, 0.4) is 0 Å². The molecule has 1 aliphatic heterocycles. The molecule has 240 valence electrons. The molecule has 1 saturated heterocycles. The lowest BCUT2D eigenvalue weighted by Gasteiger charge is -2.37. The van der Waals surface area contributed by atoms with Gasteiger partial charge in [-0.05, 0) is 80.0 Å². The van der Waals surface area contributed by atoms with Gasteiger partial charge in [0.2, 0.25) is 0 Å². The van der Waals surface area contributed by atoms with Crippen LogP contribution in [0.15, 0.2) is 71.0 Å². The van der Waals surface area contributed by atoms with E-state index in [0.717, 1.165) is 50.5 Å². The Balaban J connectivity index is 1.96. The van der Waals surface area contributed by atoms with Crippen molar-refractivity contribution >= 4 is 87.6 Å². The Bertz CT molecular complexity index is 1450. The molecule has 1 N–H and O–H groups in total. The average Bonchev–Trinajstić information content (AvgIpc) is 3.69. The summed E-state index contributed by atoms with van der Waals surface area (Å²) in [6.45, 7) is 9.50. The summed E-state index contributed by atoms with van der Waals surface area (Å²) < 4.78 is 13.5. The number of rotatable bonds is 15. The van der Waals surface area contributed by atoms with Crippen molar-refractivity contribution in [1.29, 1.82) is 10.5 Å².